The van der Waals surface area contributed by atoms with E-state index in [4.69, 9.17) is 0 Å². The first-order valence-corrected chi connectivity index (χ1v) is 7.91. The highest BCUT2D eigenvalue weighted by molar-refractivity contribution is 5.89. The molecule has 0 radical (unpaired) electrons. The molecule has 0 aromatic heterocycles. The van der Waals surface area contributed by atoms with Crippen molar-refractivity contribution in [3.63, 3.8) is 0 Å². The number of benzene rings is 1. The quantitative estimate of drug-likeness (QED) is 0.814. The second-order valence-corrected chi connectivity index (χ2v) is 8.14. The first-order valence-electron chi connectivity index (χ1n) is 7.91. The van der Waals surface area contributed by atoms with Gasteiger partial charge in [0.1, 0.15) is 0 Å². The monoisotopic (exact) mass is 286 g/mol. The van der Waals surface area contributed by atoms with Crippen LogP contribution in [0.3, 0.4) is 0 Å². The number of fused-ring (bicyclic) bond motifs is 2. The average Bonchev–Trinajstić information content (AvgIpc) is 2.61. The van der Waals surface area contributed by atoms with Crippen molar-refractivity contribution < 1.29 is 4.79 Å². The van der Waals surface area contributed by atoms with Crippen molar-refractivity contribution in [3.8, 4) is 0 Å². The number of carbonyl (C=O) groups is 1. The minimum absolute atomic E-state index is 0.0604. The van der Waals surface area contributed by atoms with E-state index in [1.54, 1.807) is 0 Å². The number of carbonyl (C=O) groups excluding carboxylic acids is 1. The molecule has 1 aliphatic carbocycles. The number of urea groups is 1. The third kappa shape index (κ3) is 2.92. The van der Waals surface area contributed by atoms with Crippen molar-refractivity contribution in [2.75, 3.05) is 11.9 Å². The Balaban J connectivity index is 1.73. The number of nitrogens with one attached hydrogen (secondary N) is 1. The lowest BCUT2D eigenvalue weighted by Crippen LogP contribution is -2.40. The van der Waals surface area contributed by atoms with E-state index in [1.165, 1.54) is 12.0 Å². The Hall–Kier alpha value is -1.51. The smallest absolute Gasteiger partial charge is 0.321 e. The van der Waals surface area contributed by atoms with Crippen LogP contribution in [0.5, 0.6) is 0 Å². The molecule has 2 bridgehead atoms. The number of amides is 2. The van der Waals surface area contributed by atoms with Gasteiger partial charge in [-0.3, -0.25) is 0 Å². The molecule has 0 unspecified atom stereocenters. The molecule has 21 heavy (non-hydrogen) atoms. The van der Waals surface area contributed by atoms with Crippen molar-refractivity contribution in [3.05, 3.63) is 29.8 Å². The van der Waals surface area contributed by atoms with Crippen LogP contribution in [0.4, 0.5) is 10.5 Å². The van der Waals surface area contributed by atoms with E-state index in [1.807, 2.05) is 24.3 Å². The van der Waals surface area contributed by atoms with E-state index in [0.717, 1.165) is 25.1 Å². The molecule has 114 valence electrons. The molecule has 3 rings (SSSR count). The summed E-state index contributed by atoms with van der Waals surface area (Å²) in [5.74, 6) is 0. The number of aryl methyl sites for hydroxylation is 1. The third-order valence-electron chi connectivity index (χ3n) is 4.98. The highest BCUT2D eigenvalue weighted by Gasteiger charge is 2.50. The Bertz CT molecular complexity index is 549. The maximum Gasteiger partial charge on any atom is 0.322 e. The van der Waals surface area contributed by atoms with Gasteiger partial charge in [0.2, 0.25) is 0 Å². The van der Waals surface area contributed by atoms with Crippen molar-refractivity contribution in [1.29, 1.82) is 0 Å². The van der Waals surface area contributed by atoms with Crippen LogP contribution in [0.15, 0.2) is 24.3 Å². The van der Waals surface area contributed by atoms with E-state index in [2.05, 4.69) is 37.9 Å². The van der Waals surface area contributed by atoms with Gasteiger partial charge in [-0.1, -0.05) is 38.5 Å². The zero-order valence-corrected chi connectivity index (χ0v) is 13.6. The Morgan fingerprint density at radius 1 is 1.19 bits per heavy atom. The summed E-state index contributed by atoms with van der Waals surface area (Å²) >= 11 is 0. The van der Waals surface area contributed by atoms with Crippen LogP contribution in [0, 0.1) is 17.8 Å². The minimum atomic E-state index is 0.0604. The van der Waals surface area contributed by atoms with E-state index in [9.17, 15) is 4.79 Å². The van der Waals surface area contributed by atoms with Gasteiger partial charge in [-0.2, -0.15) is 0 Å². The normalized spacial score (nSPS) is 30.3. The van der Waals surface area contributed by atoms with Crippen molar-refractivity contribution in [2.24, 2.45) is 10.8 Å². The second kappa shape index (κ2) is 4.75. The summed E-state index contributed by atoms with van der Waals surface area (Å²) in [6, 6.07) is 8.46. The topological polar surface area (TPSA) is 32.3 Å². The minimum Gasteiger partial charge on any atom is -0.321 e. The molecule has 1 heterocycles. The Kier molecular flexibility index (Phi) is 3.27. The lowest BCUT2D eigenvalue weighted by molar-refractivity contribution is 0.130. The summed E-state index contributed by atoms with van der Waals surface area (Å²) in [4.78, 5) is 14.7. The summed E-state index contributed by atoms with van der Waals surface area (Å²) < 4.78 is 0. The highest BCUT2D eigenvalue weighted by Crippen LogP contribution is 2.52. The van der Waals surface area contributed by atoms with Gasteiger partial charge < -0.3 is 10.2 Å². The molecule has 2 aliphatic rings. The van der Waals surface area contributed by atoms with Gasteiger partial charge in [0.25, 0.3) is 0 Å². The average molecular weight is 286 g/mol. The molecule has 3 heteroatoms. The Morgan fingerprint density at radius 2 is 1.86 bits per heavy atom. The first-order chi connectivity index (χ1) is 9.76. The van der Waals surface area contributed by atoms with Gasteiger partial charge in [0, 0.05) is 18.3 Å². The third-order valence-corrected chi connectivity index (χ3v) is 4.98. The van der Waals surface area contributed by atoms with Crippen LogP contribution in [0.2, 0.25) is 0 Å². The Labute approximate surface area is 127 Å². The van der Waals surface area contributed by atoms with E-state index in [-0.39, 0.29) is 11.4 Å². The van der Waals surface area contributed by atoms with Crippen LogP contribution in [0.1, 0.15) is 45.6 Å². The fourth-order valence-corrected chi connectivity index (χ4v) is 4.53. The molecule has 2 amide bonds. The lowest BCUT2D eigenvalue weighted by Gasteiger charge is -2.39. The molecule has 1 aromatic carbocycles. The summed E-state index contributed by atoms with van der Waals surface area (Å²) in [5.41, 5.74) is 2.73. The van der Waals surface area contributed by atoms with Crippen LogP contribution in [-0.4, -0.2) is 23.5 Å². The van der Waals surface area contributed by atoms with Crippen LogP contribution in [-0.2, 0) is 0 Å². The molecular formula is C18H26N2O. The first kappa shape index (κ1) is 14.4. The number of nitrogens with zero attached hydrogens (tertiary/aromatic N) is 1. The zero-order valence-electron chi connectivity index (χ0n) is 13.6. The second-order valence-electron chi connectivity index (χ2n) is 8.14. The zero-order chi connectivity index (χ0) is 15.3. The summed E-state index contributed by atoms with van der Waals surface area (Å²) in [6.45, 7) is 9.94. The van der Waals surface area contributed by atoms with Gasteiger partial charge in [-0.15, -0.1) is 0 Å². The molecule has 2 fully saturated rings. The van der Waals surface area contributed by atoms with E-state index in [0.29, 0.717) is 11.5 Å². The van der Waals surface area contributed by atoms with Crippen molar-refractivity contribution >= 4 is 11.7 Å². The molecule has 1 N–H and O–H groups in total. The van der Waals surface area contributed by atoms with E-state index < -0.39 is 0 Å². The predicted octanol–water partition coefficient (Wildman–Crippen LogP) is 4.43. The summed E-state index contributed by atoms with van der Waals surface area (Å²) in [7, 11) is 0. The van der Waals surface area contributed by atoms with Gasteiger partial charge >= 0.3 is 6.03 Å². The van der Waals surface area contributed by atoms with Crippen LogP contribution >= 0.6 is 0 Å². The molecule has 1 saturated heterocycles. The van der Waals surface area contributed by atoms with Crippen molar-refractivity contribution in [2.45, 2.75) is 53.0 Å². The van der Waals surface area contributed by atoms with Gasteiger partial charge in [-0.05, 0) is 49.1 Å². The van der Waals surface area contributed by atoms with Gasteiger partial charge in [-0.25, -0.2) is 4.79 Å². The van der Waals surface area contributed by atoms with Crippen LogP contribution in [0.25, 0.3) is 0 Å². The fourth-order valence-electron chi connectivity index (χ4n) is 4.53. The largest absolute Gasteiger partial charge is 0.322 e. The molecule has 1 aliphatic heterocycles. The lowest BCUT2D eigenvalue weighted by atomic mass is 9.65. The molecule has 0 spiro atoms. The Morgan fingerprint density at radius 3 is 2.52 bits per heavy atom. The van der Waals surface area contributed by atoms with E-state index >= 15 is 0 Å². The number of hydrogen-bond donors (Lipinski definition) is 1. The number of hydrogen-bond acceptors (Lipinski definition) is 1. The molecule has 3 nitrogen and oxygen atoms in total. The molecular weight excluding hydrogens is 260 g/mol. The summed E-state index contributed by atoms with van der Waals surface area (Å²) in [6.07, 6.45) is 3.48. The maximum absolute atomic E-state index is 12.6. The maximum atomic E-state index is 12.6. The fraction of sp³-hybridized carbons (Fsp3) is 0.611. The number of rotatable bonds is 1. The van der Waals surface area contributed by atoms with Gasteiger partial charge in [0.05, 0.1) is 0 Å². The standard InChI is InChI=1S/C18H26N2O/c1-13-5-7-14(8-6-13)19-16(21)20-12-18(4)10-15(20)9-17(2,3)11-18/h5-8,15H,9-12H2,1-4H3,(H,19,21)/t15-,18+/m0/s1. The van der Waals surface area contributed by atoms with Gasteiger partial charge in [0.15, 0.2) is 0 Å². The highest BCUT2D eigenvalue weighted by atomic mass is 16.2. The predicted molar refractivity (Wildman–Crippen MR) is 86.4 cm³/mol. The molecule has 1 aromatic rings. The SMILES string of the molecule is Cc1ccc(NC(=O)N2C[C@]3(C)C[C@@H]2CC(C)(C)C3)cc1. The number of anilines is 1. The molecule has 1 saturated carbocycles. The van der Waals surface area contributed by atoms with Crippen LogP contribution < -0.4 is 5.32 Å². The number of likely N-dealkylation sites (tertiary alicyclic amines) is 1. The molecule has 2 atom stereocenters. The van der Waals surface area contributed by atoms with Crippen molar-refractivity contribution in [1.82, 2.24) is 4.90 Å². The summed E-state index contributed by atoms with van der Waals surface area (Å²) in [5, 5.41) is 3.06.